The first kappa shape index (κ1) is 79.5. The minimum atomic E-state index is -0.944. The van der Waals surface area contributed by atoms with E-state index in [2.05, 4.69) is 92.5 Å². The third-order valence-corrected chi connectivity index (χ3v) is 14.7. The van der Waals surface area contributed by atoms with E-state index in [9.17, 15) is 39.6 Å². The fourth-order valence-corrected chi connectivity index (χ4v) is 9.78. The highest BCUT2D eigenvalue weighted by Gasteiger charge is 2.23. The molecule has 0 amide bonds. The lowest BCUT2D eigenvalue weighted by molar-refractivity contribution is -0.148. The molecule has 1 aliphatic rings. The number of hydrogen-bond acceptors (Lipinski definition) is 16. The van der Waals surface area contributed by atoms with Gasteiger partial charge < -0.3 is 39.4 Å². The van der Waals surface area contributed by atoms with Crippen LogP contribution < -0.4 is 0 Å². The van der Waals surface area contributed by atoms with Crippen LogP contribution in [0.1, 0.15) is 195 Å². The Kier molecular flexibility index (Phi) is 53.8. The standard InChI is InChI=1S/C70H120N4O12/c1-5-9-13-17-21-25-29-33-37-43-67(79)83-59-63(75)55-71-47-41-48-73(57-65(77)61-85-69(81)45-39-35-31-27-23-19-15-11-7-3)53-54-74(58-66(78)62-86-70(82)46-40-36-32-28-24-20-16-12-8-4)50-42-49-72(52-51-71)56-64(76)60-84-68(80)44-38-34-30-26-22-18-14-10-6-2/h5-12,17-24,63-66,75-78H,13-16,25-62H2,1-4H3/b9-5-,10-6-,11-7-,12-8-,21-17-,22-18-,23-19-,24-20-. The number of unbranched alkanes of at least 4 members (excludes halogenated alkanes) is 12. The molecule has 1 rings (SSSR count). The molecule has 4 N–H and O–H groups in total. The van der Waals surface area contributed by atoms with Crippen molar-refractivity contribution in [3.8, 4) is 0 Å². The number of hydrogen-bond donors (Lipinski definition) is 4. The van der Waals surface area contributed by atoms with Crippen LogP contribution in [0.2, 0.25) is 0 Å². The van der Waals surface area contributed by atoms with Gasteiger partial charge in [-0.2, -0.15) is 0 Å². The molecule has 492 valence electrons. The second-order valence-corrected chi connectivity index (χ2v) is 22.8. The van der Waals surface area contributed by atoms with Gasteiger partial charge in [-0.25, -0.2) is 0 Å². The predicted octanol–water partition coefficient (Wildman–Crippen LogP) is 11.5. The van der Waals surface area contributed by atoms with Crippen LogP contribution >= 0.6 is 0 Å². The number of carbonyl (C=O) groups excluding carboxylic acids is 4. The molecule has 0 aliphatic carbocycles. The van der Waals surface area contributed by atoms with Gasteiger partial charge in [0, 0.05) is 78.0 Å². The van der Waals surface area contributed by atoms with Crippen molar-refractivity contribution < 1.29 is 58.6 Å². The Bertz CT molecular complexity index is 1650. The topological polar surface area (TPSA) is 199 Å². The van der Waals surface area contributed by atoms with Crippen LogP contribution in [0.5, 0.6) is 0 Å². The molecule has 0 spiro atoms. The maximum absolute atomic E-state index is 12.8. The van der Waals surface area contributed by atoms with E-state index in [-0.39, 0.29) is 102 Å². The first-order valence-electron chi connectivity index (χ1n) is 33.2. The lowest BCUT2D eigenvalue weighted by Gasteiger charge is -2.34. The number of aliphatic hydroxyl groups is 4. The Morgan fingerprint density at radius 1 is 0.314 bits per heavy atom. The lowest BCUT2D eigenvalue weighted by atomic mass is 10.1. The van der Waals surface area contributed by atoms with Gasteiger partial charge in [0.1, 0.15) is 50.8 Å². The molecular formula is C70H120N4O12. The van der Waals surface area contributed by atoms with E-state index in [1.165, 1.54) is 0 Å². The fraction of sp³-hybridized carbons (Fsp3) is 0.714. The van der Waals surface area contributed by atoms with E-state index in [1.807, 2.05) is 52.0 Å². The van der Waals surface area contributed by atoms with Gasteiger partial charge >= 0.3 is 23.9 Å². The molecule has 0 aromatic heterocycles. The van der Waals surface area contributed by atoms with Crippen molar-refractivity contribution in [2.24, 2.45) is 0 Å². The monoisotopic (exact) mass is 1210 g/mol. The van der Waals surface area contributed by atoms with Crippen molar-refractivity contribution in [3.05, 3.63) is 97.2 Å². The summed E-state index contributed by atoms with van der Waals surface area (Å²) < 4.78 is 22.3. The van der Waals surface area contributed by atoms with Crippen molar-refractivity contribution in [2.75, 3.05) is 105 Å². The molecule has 1 fully saturated rings. The quantitative estimate of drug-likeness (QED) is 0.0194. The average molecular weight is 1210 g/mol. The zero-order valence-corrected chi connectivity index (χ0v) is 54.1. The Hall–Kier alpha value is -4.52. The molecular weight excluding hydrogens is 1090 g/mol. The summed E-state index contributed by atoms with van der Waals surface area (Å²) in [6.07, 6.45) is 50.5. The number of β-amino-alcohol motifs (C(OH)–C–C–N with tert-alkyl or cyclic N) is 4. The first-order valence-corrected chi connectivity index (χ1v) is 33.2. The van der Waals surface area contributed by atoms with Crippen molar-refractivity contribution in [1.82, 2.24) is 19.6 Å². The third-order valence-electron chi connectivity index (χ3n) is 14.7. The molecule has 0 saturated carbocycles. The number of nitrogens with zero attached hydrogens (tertiary/aromatic N) is 4. The normalized spacial score (nSPS) is 16.8. The van der Waals surface area contributed by atoms with Crippen molar-refractivity contribution >= 4 is 23.9 Å². The molecule has 4 atom stereocenters. The summed E-state index contributed by atoms with van der Waals surface area (Å²) >= 11 is 0. The summed E-state index contributed by atoms with van der Waals surface area (Å²) in [7, 11) is 0. The molecule has 16 heteroatoms. The minimum absolute atomic E-state index is 0.132. The van der Waals surface area contributed by atoms with Crippen LogP contribution in [-0.4, -0.2) is 193 Å². The number of aliphatic hydroxyl groups excluding tert-OH is 4. The second kappa shape index (κ2) is 58.2. The van der Waals surface area contributed by atoms with Gasteiger partial charge in [-0.1, -0.05) is 123 Å². The third kappa shape index (κ3) is 51.5. The summed E-state index contributed by atoms with van der Waals surface area (Å²) in [5.41, 5.74) is 0. The predicted molar refractivity (Wildman–Crippen MR) is 349 cm³/mol. The van der Waals surface area contributed by atoms with Gasteiger partial charge in [0.2, 0.25) is 0 Å². The highest BCUT2D eigenvalue weighted by atomic mass is 16.6. The fourth-order valence-electron chi connectivity index (χ4n) is 9.78. The number of esters is 4. The zero-order valence-electron chi connectivity index (χ0n) is 54.1. The molecule has 0 aromatic rings. The van der Waals surface area contributed by atoms with Gasteiger partial charge in [-0.3, -0.25) is 38.8 Å². The molecule has 1 aliphatic heterocycles. The van der Waals surface area contributed by atoms with Crippen molar-refractivity contribution in [1.29, 1.82) is 0 Å². The first-order chi connectivity index (χ1) is 41.9. The van der Waals surface area contributed by atoms with Gasteiger partial charge in [0.25, 0.3) is 0 Å². The summed E-state index contributed by atoms with van der Waals surface area (Å²) in [4.78, 5) is 59.6. The van der Waals surface area contributed by atoms with Crippen LogP contribution in [0.25, 0.3) is 0 Å². The number of ether oxygens (including phenoxy) is 4. The second-order valence-electron chi connectivity index (χ2n) is 22.8. The Morgan fingerprint density at radius 3 is 0.744 bits per heavy atom. The number of rotatable bonds is 48. The summed E-state index contributed by atoms with van der Waals surface area (Å²) in [5.74, 6) is -1.33. The molecule has 1 saturated heterocycles. The molecule has 1 heterocycles. The van der Waals surface area contributed by atoms with E-state index in [1.54, 1.807) is 0 Å². The van der Waals surface area contributed by atoms with Crippen LogP contribution in [-0.2, 0) is 38.1 Å². The zero-order chi connectivity index (χ0) is 62.8. The Labute approximate surface area is 521 Å². The van der Waals surface area contributed by atoms with Crippen LogP contribution in [0.15, 0.2) is 97.2 Å². The molecule has 0 bridgehead atoms. The van der Waals surface area contributed by atoms with Gasteiger partial charge in [-0.05, 0) is 169 Å². The minimum Gasteiger partial charge on any atom is -0.463 e. The van der Waals surface area contributed by atoms with Crippen LogP contribution in [0.4, 0.5) is 0 Å². The van der Waals surface area contributed by atoms with E-state index in [0.29, 0.717) is 65.2 Å². The summed E-state index contributed by atoms with van der Waals surface area (Å²) in [6, 6.07) is 0. The highest BCUT2D eigenvalue weighted by molar-refractivity contribution is 5.70. The van der Waals surface area contributed by atoms with Crippen molar-refractivity contribution in [2.45, 2.75) is 219 Å². The molecule has 4 unspecified atom stereocenters. The molecule has 86 heavy (non-hydrogen) atoms. The van der Waals surface area contributed by atoms with Crippen molar-refractivity contribution in [3.63, 3.8) is 0 Å². The van der Waals surface area contributed by atoms with Gasteiger partial charge in [0.15, 0.2) is 0 Å². The maximum atomic E-state index is 12.8. The van der Waals surface area contributed by atoms with Gasteiger partial charge in [-0.15, -0.1) is 0 Å². The van der Waals surface area contributed by atoms with E-state index in [4.69, 9.17) is 18.9 Å². The van der Waals surface area contributed by atoms with Gasteiger partial charge in [0.05, 0.1) is 0 Å². The number of carbonyl (C=O) groups is 4. The lowest BCUT2D eigenvalue weighted by Crippen LogP contribution is -2.47. The van der Waals surface area contributed by atoms with E-state index < -0.39 is 24.4 Å². The smallest absolute Gasteiger partial charge is 0.305 e. The Morgan fingerprint density at radius 2 is 0.535 bits per heavy atom. The largest absolute Gasteiger partial charge is 0.463 e. The van der Waals surface area contributed by atoms with E-state index in [0.717, 1.165) is 128 Å². The SMILES string of the molecule is C/C=C\C/C=C\CCCCCC(=O)OCC(O)CN1CCCN(CC(O)COC(=O)CCCCC/C=C\C/C=C\C)CCN(CC(O)COC(=O)CCCCC/C=C\C/C=C\C)CCCN(CC(O)COC(=O)CCCCC/C=C\C/C=C\C)CC1. The molecule has 0 aromatic carbocycles. The maximum Gasteiger partial charge on any atom is 0.305 e. The summed E-state index contributed by atoms with van der Waals surface area (Å²) in [5, 5.41) is 45.2. The Balaban J connectivity index is 3.16. The average Bonchev–Trinajstić information content (AvgIpc) is 3.67. The highest BCUT2D eigenvalue weighted by Crippen LogP contribution is 2.13. The summed E-state index contributed by atoms with van der Waals surface area (Å²) in [6.45, 7) is 12.7. The van der Waals surface area contributed by atoms with Crippen LogP contribution in [0, 0.1) is 0 Å². The molecule has 16 nitrogen and oxygen atoms in total. The van der Waals surface area contributed by atoms with E-state index >= 15 is 0 Å². The molecule has 0 radical (unpaired) electrons. The number of allylic oxidation sites excluding steroid dienone is 16. The van der Waals surface area contributed by atoms with Crippen LogP contribution in [0.3, 0.4) is 0 Å².